The molecule has 12 aliphatic carbocycles. The van der Waals surface area contributed by atoms with E-state index in [2.05, 4.69) is 93.6 Å². The molecule has 12 fully saturated rings. The van der Waals surface area contributed by atoms with E-state index in [1.165, 1.54) is 104 Å². The molecular formula is C111H115F22O9S3+3. The van der Waals surface area contributed by atoms with Crippen LogP contribution in [0.25, 0.3) is 0 Å². The number of carbonyl (C=O) groups is 5. The molecule has 0 amide bonds. The summed E-state index contributed by atoms with van der Waals surface area (Å²) in [6.45, 7) is 4.56. The van der Waals surface area contributed by atoms with Crippen LogP contribution < -0.4 is 0 Å². The predicted octanol–water partition coefficient (Wildman–Crippen LogP) is 29.5. The molecule has 0 heterocycles. The molecule has 0 aromatic heterocycles. The van der Waals surface area contributed by atoms with E-state index in [0.717, 1.165) is 93.6 Å². The SMILES string of the molecule is CC(F)(F)C(F)(F)C(F)(F)CCCOC(=O)C12CC3CC(C1)C(=O)C(C3)C2.CC(F)(F)C(F)(F)C(F)(F)CCCOC(=O)C12CC3CC(CC(C3)C1)C2.CC(F)(F)C(F)(F)CCC(O)COC(=O)C12CC3CC(C1)C(=O)C(C3)C2.Cc1ccc([S+](c2ccc(C)cc2)c2ccc(C)cc2)cc1.Fc1ccc([S+](c2ccc(F)cc2)c2ccc(F)cc2)cc1.Fc1ccc([S+](c2ccc(F)cc2)c2ccc(F)cc2)cc1. The summed E-state index contributed by atoms with van der Waals surface area (Å²) in [4.78, 5) is 71.3. The molecule has 9 nitrogen and oxygen atoms in total. The van der Waals surface area contributed by atoms with E-state index in [9.17, 15) is 126 Å². The van der Waals surface area contributed by atoms with E-state index >= 15 is 0 Å². The number of hydrogen-bond acceptors (Lipinski definition) is 9. The number of aliphatic hydroxyl groups is 1. The summed E-state index contributed by atoms with van der Waals surface area (Å²) in [5.74, 6) is -40.2. The van der Waals surface area contributed by atoms with Gasteiger partial charge in [0.25, 0.3) is 0 Å². The number of ketones is 2. The van der Waals surface area contributed by atoms with Crippen LogP contribution >= 0.6 is 0 Å². The smallest absolute Gasteiger partial charge is 0.371 e. The van der Waals surface area contributed by atoms with Crippen molar-refractivity contribution in [3.8, 4) is 0 Å². The zero-order valence-electron chi connectivity index (χ0n) is 80.5. The quantitative estimate of drug-likeness (QED) is 0.0154. The van der Waals surface area contributed by atoms with Crippen molar-refractivity contribution < 1.29 is 140 Å². The number of aliphatic hydroxyl groups excluding tert-OH is 1. The van der Waals surface area contributed by atoms with E-state index < -0.39 is 168 Å². The summed E-state index contributed by atoms with van der Waals surface area (Å²) >= 11 is 0. The lowest BCUT2D eigenvalue weighted by atomic mass is 9.49. The number of rotatable bonds is 30. The minimum Gasteiger partial charge on any atom is -0.465 e. The van der Waals surface area contributed by atoms with Crippen molar-refractivity contribution in [2.24, 2.45) is 69.5 Å². The molecule has 0 saturated heterocycles. The number of Topliss-reactive ketones (excluding diaryl/α,β-unsaturated/α-hetero) is 2. The summed E-state index contributed by atoms with van der Waals surface area (Å²) in [6.07, 6.45) is 4.23. The molecule has 9 aromatic carbocycles. The number of carbonyl (C=O) groups excluding carboxylic acids is 5. The van der Waals surface area contributed by atoms with Crippen LogP contribution in [0.2, 0.25) is 0 Å². The zero-order chi connectivity index (χ0) is 106. The van der Waals surface area contributed by atoms with E-state index in [-0.39, 0.29) is 108 Å². The summed E-state index contributed by atoms with van der Waals surface area (Å²) in [7, 11) is -1.12. The van der Waals surface area contributed by atoms with E-state index in [1.54, 1.807) is 72.8 Å². The largest absolute Gasteiger partial charge is 0.465 e. The molecule has 1 N–H and O–H groups in total. The topological polar surface area (TPSA) is 133 Å². The van der Waals surface area contributed by atoms with Crippen LogP contribution in [0.15, 0.2) is 262 Å². The van der Waals surface area contributed by atoms with Crippen LogP contribution in [-0.2, 0) is 70.9 Å². The Bertz CT molecular complexity index is 5150. The average molecular weight is 2110 g/mol. The molecule has 34 heteroatoms. The standard InChI is InChI=1S/C21H21S.C18H22F6O3.C18H24F6O2.C18H24F4O4.2C18H12F3S/c1-16-4-10-19(11-5-16)22(20-12-6-17(2)7-13-20)21-14-8-18(3)9-15-21;1-15(19,20)18(23,24)17(21,22)3-2-4-27-14(26)16-7-10-5-11(8-16)13(25)12(6-10)9-16;1-15(19,20)18(23,24)17(21,22)3-2-4-26-14(25)16-8-11-5-12(9-16)7-13(6-11)10-16;1-16(19,20)18(21,22)3-2-13(23)9-26-15(25)17-6-10-4-11(7-17)14(24)12(5-10)8-17;2*19-13-1-7-16(8-2-13)22(17-9-3-14(20)4-10-17)18-11-5-15(21)6-12-18/h4-15H,1-3H3;10-12H,2-9H2,1H3;11-13H,2-10H2,1H3;10-13,23H,2-9H2,1H3;2*1-12H/q+1;;;;2*+1. The van der Waals surface area contributed by atoms with Crippen LogP contribution in [-0.4, -0.2) is 108 Å². The normalized spacial score (nSPS) is 23.6. The Hall–Kier alpha value is -9.80. The van der Waals surface area contributed by atoms with Gasteiger partial charge in [-0.15, -0.1) is 0 Å². The molecule has 0 aliphatic heterocycles. The summed E-state index contributed by atoms with van der Waals surface area (Å²) in [6, 6.07) is 63.9. The highest BCUT2D eigenvalue weighted by Crippen LogP contribution is 2.63. The second kappa shape index (κ2) is 45.7. The van der Waals surface area contributed by atoms with Gasteiger partial charge < -0.3 is 19.3 Å². The first-order valence-corrected chi connectivity index (χ1v) is 51.9. The van der Waals surface area contributed by atoms with Gasteiger partial charge in [-0.3, -0.25) is 24.0 Å². The van der Waals surface area contributed by atoms with Gasteiger partial charge in [-0.2, -0.15) is 61.5 Å². The first kappa shape index (κ1) is 112. The Balaban J connectivity index is 0.000000146. The molecular weight excluding hydrogens is 1990 g/mol. The van der Waals surface area contributed by atoms with Gasteiger partial charge in [0.1, 0.15) is 53.1 Å². The van der Waals surface area contributed by atoms with Crippen molar-refractivity contribution in [1.82, 2.24) is 0 Å². The van der Waals surface area contributed by atoms with Crippen molar-refractivity contribution in [2.75, 3.05) is 19.8 Å². The Morgan fingerprint density at radius 3 is 0.731 bits per heavy atom. The number of benzene rings is 9. The maximum atomic E-state index is 13.5. The lowest BCUT2D eigenvalue weighted by molar-refractivity contribution is -0.304. The predicted molar refractivity (Wildman–Crippen MR) is 504 cm³/mol. The Labute approximate surface area is 837 Å². The molecule has 9 aromatic rings. The Morgan fingerprint density at radius 1 is 0.303 bits per heavy atom. The van der Waals surface area contributed by atoms with Crippen LogP contribution in [0.1, 0.15) is 179 Å². The summed E-state index contributed by atoms with van der Waals surface area (Å²) in [5.41, 5.74) is 1.84. The lowest BCUT2D eigenvalue weighted by Gasteiger charge is -2.55. The van der Waals surface area contributed by atoms with Gasteiger partial charge in [0.2, 0.25) is 0 Å². The van der Waals surface area contributed by atoms with Crippen molar-refractivity contribution in [3.63, 3.8) is 0 Å². The molecule has 5 atom stereocenters. The van der Waals surface area contributed by atoms with Gasteiger partial charge in [0, 0.05) is 63.7 Å². The third-order valence-corrected chi connectivity index (χ3v) is 35.7. The van der Waals surface area contributed by atoms with Crippen LogP contribution in [0.3, 0.4) is 0 Å². The highest BCUT2D eigenvalue weighted by Gasteiger charge is 2.70. The number of alkyl halides is 16. The van der Waals surface area contributed by atoms with Crippen molar-refractivity contribution in [3.05, 3.63) is 270 Å². The number of esters is 3. The van der Waals surface area contributed by atoms with E-state index in [4.69, 9.17) is 14.2 Å². The van der Waals surface area contributed by atoms with Crippen LogP contribution in [0, 0.1) is 125 Å². The van der Waals surface area contributed by atoms with Gasteiger partial charge in [-0.1, -0.05) is 53.1 Å². The number of halogens is 22. The van der Waals surface area contributed by atoms with Crippen LogP contribution in [0.4, 0.5) is 96.6 Å². The lowest BCUT2D eigenvalue weighted by Crippen LogP contribution is -2.55. The monoisotopic (exact) mass is 2110 g/mol. The van der Waals surface area contributed by atoms with Gasteiger partial charge in [-0.05, 0) is 354 Å². The third kappa shape index (κ3) is 26.9. The minimum absolute atomic E-state index is 0.0394. The first-order valence-electron chi connectivity index (χ1n) is 48.2. The highest BCUT2D eigenvalue weighted by molar-refractivity contribution is 7.97. The first-order chi connectivity index (χ1) is 68.0. The molecule has 145 heavy (non-hydrogen) atoms. The molecule has 21 rings (SSSR count). The molecule has 0 spiro atoms. The molecule has 782 valence electrons. The van der Waals surface area contributed by atoms with E-state index in [0.29, 0.717) is 62.2 Å². The fourth-order valence-electron chi connectivity index (χ4n) is 22.2. The maximum Gasteiger partial charge on any atom is 0.371 e. The molecule has 12 saturated carbocycles. The van der Waals surface area contributed by atoms with Gasteiger partial charge in [-0.25, -0.2) is 35.1 Å². The van der Waals surface area contributed by atoms with Crippen molar-refractivity contribution in [1.29, 1.82) is 0 Å². The van der Waals surface area contributed by atoms with Crippen molar-refractivity contribution >= 4 is 62.2 Å². The fraction of sp³-hybridized carbons (Fsp3) is 0.468. The van der Waals surface area contributed by atoms with Crippen LogP contribution in [0.5, 0.6) is 0 Å². The molecule has 0 radical (unpaired) electrons. The maximum absolute atomic E-state index is 13.5. The number of aryl methyl sites for hydroxylation is 3. The van der Waals surface area contributed by atoms with Gasteiger partial charge in [0.15, 0.2) is 44.1 Å². The zero-order valence-corrected chi connectivity index (χ0v) is 82.9. The number of ether oxygens (including phenoxy) is 3. The Morgan fingerprint density at radius 2 is 0.510 bits per heavy atom. The highest BCUT2D eigenvalue weighted by atomic mass is 32.2. The average Bonchev–Trinajstić information content (AvgIpc) is 0.733. The van der Waals surface area contributed by atoms with E-state index in [1.807, 2.05) is 0 Å². The third-order valence-electron chi connectivity index (χ3n) is 29.0. The Kier molecular flexibility index (Phi) is 35.4. The second-order valence-electron chi connectivity index (χ2n) is 40.5. The van der Waals surface area contributed by atoms with Crippen molar-refractivity contribution in [2.45, 2.75) is 280 Å². The van der Waals surface area contributed by atoms with Gasteiger partial charge in [0.05, 0.1) is 68.2 Å². The number of hydrogen-bond donors (Lipinski definition) is 1. The fourth-order valence-corrected chi connectivity index (χ4v) is 28.3. The summed E-state index contributed by atoms with van der Waals surface area (Å²) < 4.78 is 304. The minimum atomic E-state index is -5.48. The summed E-state index contributed by atoms with van der Waals surface area (Å²) in [5, 5.41) is 9.74. The van der Waals surface area contributed by atoms with Gasteiger partial charge >= 0.3 is 65.3 Å². The molecule has 12 bridgehead atoms. The molecule has 12 aliphatic rings. The molecule has 5 unspecified atom stereocenters. The second-order valence-corrected chi connectivity index (χ2v) is 46.6.